The van der Waals surface area contributed by atoms with Gasteiger partial charge >= 0.3 is 0 Å². The topological polar surface area (TPSA) is 117 Å². The second-order valence-corrected chi connectivity index (χ2v) is 8.08. The Kier molecular flexibility index (Phi) is 5.64. The molecular formula is C18H23N4O4S+. The minimum atomic E-state index is -3.81. The van der Waals surface area contributed by atoms with Crippen molar-refractivity contribution >= 4 is 27.3 Å². The first kappa shape index (κ1) is 19.2. The highest BCUT2D eigenvalue weighted by atomic mass is 32.2. The molecule has 0 atom stereocenters. The number of hydrogen-bond donors (Lipinski definition) is 4. The van der Waals surface area contributed by atoms with Crippen LogP contribution in [0.15, 0.2) is 53.4 Å². The van der Waals surface area contributed by atoms with Crippen molar-refractivity contribution in [1.82, 2.24) is 0 Å². The highest BCUT2D eigenvalue weighted by Crippen LogP contribution is 2.25. The van der Waals surface area contributed by atoms with Crippen molar-refractivity contribution in [3.8, 4) is 5.75 Å². The van der Waals surface area contributed by atoms with E-state index in [0.29, 0.717) is 5.69 Å². The number of primary sulfonamides is 1. The summed E-state index contributed by atoms with van der Waals surface area (Å²) in [7, 11) is -3.81. The van der Waals surface area contributed by atoms with Gasteiger partial charge in [-0.1, -0.05) is 18.2 Å². The molecule has 0 unspecified atom stereocenters. The van der Waals surface area contributed by atoms with Crippen LogP contribution in [0.3, 0.4) is 0 Å². The second-order valence-electron chi connectivity index (χ2n) is 6.52. The fourth-order valence-electron chi connectivity index (χ4n) is 3.16. The number of benzene rings is 2. The van der Waals surface area contributed by atoms with Crippen molar-refractivity contribution in [2.75, 3.05) is 42.9 Å². The van der Waals surface area contributed by atoms with Gasteiger partial charge in [0.25, 0.3) is 5.91 Å². The predicted octanol–water partition coefficient (Wildman–Crippen LogP) is -0.617. The summed E-state index contributed by atoms with van der Waals surface area (Å²) in [4.78, 5) is 15.5. The summed E-state index contributed by atoms with van der Waals surface area (Å²) in [5.41, 5.74) is 1.21. The molecule has 1 saturated heterocycles. The third-order valence-corrected chi connectivity index (χ3v) is 5.46. The summed E-state index contributed by atoms with van der Waals surface area (Å²) in [6, 6.07) is 13.1. The normalized spacial score (nSPS) is 15.5. The van der Waals surface area contributed by atoms with Crippen LogP contribution in [-0.2, 0) is 14.8 Å². The van der Waals surface area contributed by atoms with E-state index in [1.54, 1.807) is 18.2 Å². The molecule has 8 nitrogen and oxygen atoms in total. The zero-order chi connectivity index (χ0) is 19.4. The zero-order valence-corrected chi connectivity index (χ0v) is 15.6. The smallest absolute Gasteiger partial charge is 0.279 e. The highest BCUT2D eigenvalue weighted by Gasteiger charge is 2.23. The van der Waals surface area contributed by atoms with Crippen molar-refractivity contribution in [2.24, 2.45) is 5.14 Å². The number of nitrogens with two attached hydrogens (primary N) is 1. The molecule has 5 N–H and O–H groups in total. The van der Waals surface area contributed by atoms with Crippen molar-refractivity contribution in [2.45, 2.75) is 4.90 Å². The molecule has 1 heterocycles. The van der Waals surface area contributed by atoms with Gasteiger partial charge in [0.1, 0.15) is 5.75 Å². The molecule has 3 rings (SSSR count). The maximum absolute atomic E-state index is 12.3. The molecule has 144 valence electrons. The number of quaternary nitrogens is 1. The molecule has 1 aliphatic heterocycles. The van der Waals surface area contributed by atoms with Crippen LogP contribution in [-0.4, -0.2) is 52.2 Å². The van der Waals surface area contributed by atoms with E-state index in [0.717, 1.165) is 36.8 Å². The van der Waals surface area contributed by atoms with Crippen LogP contribution < -0.4 is 20.3 Å². The van der Waals surface area contributed by atoms with Gasteiger partial charge in [-0.3, -0.25) is 4.79 Å². The van der Waals surface area contributed by atoms with Crippen LogP contribution in [0.25, 0.3) is 0 Å². The molecule has 0 aliphatic carbocycles. The fourth-order valence-corrected chi connectivity index (χ4v) is 3.71. The lowest BCUT2D eigenvalue weighted by atomic mass is 10.2. The molecule has 9 heteroatoms. The van der Waals surface area contributed by atoms with Gasteiger partial charge in [-0.15, -0.1) is 0 Å². The first-order valence-electron chi connectivity index (χ1n) is 8.62. The van der Waals surface area contributed by atoms with E-state index in [1.807, 2.05) is 12.1 Å². The zero-order valence-electron chi connectivity index (χ0n) is 14.8. The number of aromatic hydroxyl groups is 1. The number of anilines is 2. The van der Waals surface area contributed by atoms with Crippen molar-refractivity contribution < 1.29 is 23.2 Å². The summed E-state index contributed by atoms with van der Waals surface area (Å²) in [5.74, 6) is 0.0704. The van der Waals surface area contributed by atoms with E-state index < -0.39 is 10.0 Å². The van der Waals surface area contributed by atoms with E-state index >= 15 is 0 Å². The summed E-state index contributed by atoms with van der Waals surface area (Å²) in [6.07, 6.45) is 0. The summed E-state index contributed by atoms with van der Waals surface area (Å²) in [6.45, 7) is 3.29. The van der Waals surface area contributed by atoms with Crippen LogP contribution in [0.2, 0.25) is 0 Å². The molecule has 2 aromatic carbocycles. The summed E-state index contributed by atoms with van der Waals surface area (Å²) < 4.78 is 22.8. The van der Waals surface area contributed by atoms with Gasteiger partial charge in [0.15, 0.2) is 6.54 Å². The van der Waals surface area contributed by atoms with E-state index in [-0.39, 0.29) is 23.1 Å². The lowest BCUT2D eigenvalue weighted by Crippen LogP contribution is -3.15. The number of carbonyl (C=O) groups excluding carboxylic acids is 1. The van der Waals surface area contributed by atoms with Gasteiger partial charge in [-0.25, -0.2) is 13.6 Å². The molecule has 2 aromatic rings. The minimum absolute atomic E-state index is 0.0380. The van der Waals surface area contributed by atoms with Crippen LogP contribution in [0, 0.1) is 0 Å². The monoisotopic (exact) mass is 391 g/mol. The molecule has 1 aliphatic rings. The number of phenols is 1. The van der Waals surface area contributed by atoms with Crippen LogP contribution in [0.5, 0.6) is 5.75 Å². The van der Waals surface area contributed by atoms with E-state index in [4.69, 9.17) is 5.14 Å². The Morgan fingerprint density at radius 1 is 1.15 bits per heavy atom. The lowest BCUT2D eigenvalue weighted by molar-refractivity contribution is -0.892. The number of piperazine rings is 1. The highest BCUT2D eigenvalue weighted by molar-refractivity contribution is 7.89. The number of phenolic OH excluding ortho intramolecular Hbond substituents is 1. The minimum Gasteiger partial charge on any atom is -0.506 e. The number of amides is 1. The van der Waals surface area contributed by atoms with Crippen LogP contribution in [0.1, 0.15) is 0 Å². The molecule has 0 aromatic heterocycles. The molecule has 1 fully saturated rings. The average Bonchev–Trinajstić information content (AvgIpc) is 2.62. The lowest BCUT2D eigenvalue weighted by Gasteiger charge is -2.33. The number of hydrogen-bond acceptors (Lipinski definition) is 5. The summed E-state index contributed by atoms with van der Waals surface area (Å²) in [5, 5.41) is 17.8. The van der Waals surface area contributed by atoms with Crippen LogP contribution >= 0.6 is 0 Å². The maximum Gasteiger partial charge on any atom is 0.279 e. The van der Waals surface area contributed by atoms with Gasteiger partial charge < -0.3 is 20.2 Å². The molecule has 27 heavy (non-hydrogen) atoms. The van der Waals surface area contributed by atoms with Crippen LogP contribution in [0.4, 0.5) is 11.4 Å². The predicted molar refractivity (Wildman–Crippen MR) is 102 cm³/mol. The van der Waals surface area contributed by atoms with Crippen molar-refractivity contribution in [3.63, 3.8) is 0 Å². The third kappa shape index (κ3) is 4.97. The molecular weight excluding hydrogens is 368 g/mol. The van der Waals surface area contributed by atoms with Gasteiger partial charge in [0, 0.05) is 5.69 Å². The summed E-state index contributed by atoms with van der Waals surface area (Å²) >= 11 is 0. The Morgan fingerprint density at radius 3 is 2.52 bits per heavy atom. The van der Waals surface area contributed by atoms with Gasteiger partial charge in [0.05, 0.1) is 36.8 Å². The third-order valence-electron chi connectivity index (χ3n) is 4.55. The maximum atomic E-state index is 12.3. The molecule has 0 spiro atoms. The standard InChI is InChI=1S/C18H22N4O4S/c19-27(25,26)15-5-3-4-14(12-15)20-18(24)13-21-8-10-22(11-9-21)16-6-1-2-7-17(16)23/h1-7,12,23H,8-11,13H2,(H,20,24)(H2,19,25,26)/p+1. The largest absolute Gasteiger partial charge is 0.506 e. The number of nitrogens with zero attached hydrogens (tertiary/aromatic N) is 1. The first-order chi connectivity index (χ1) is 12.8. The second kappa shape index (κ2) is 7.95. The van der Waals surface area contributed by atoms with E-state index in [9.17, 15) is 18.3 Å². The van der Waals surface area contributed by atoms with E-state index in [1.165, 1.54) is 18.2 Å². The molecule has 0 saturated carbocycles. The number of rotatable bonds is 5. The molecule has 1 amide bonds. The fraction of sp³-hybridized carbons (Fsp3) is 0.278. The average molecular weight is 391 g/mol. The Bertz CT molecular complexity index is 924. The Balaban J connectivity index is 1.54. The van der Waals surface area contributed by atoms with Gasteiger partial charge in [0.2, 0.25) is 10.0 Å². The Labute approximate surface area is 158 Å². The number of carbonyl (C=O) groups is 1. The molecule has 0 radical (unpaired) electrons. The SMILES string of the molecule is NS(=O)(=O)c1cccc(NC(=O)C[NH+]2CCN(c3ccccc3O)CC2)c1. The first-order valence-corrected chi connectivity index (χ1v) is 10.2. The quantitative estimate of drug-likeness (QED) is 0.542. The Morgan fingerprint density at radius 2 is 1.85 bits per heavy atom. The number of nitrogens with one attached hydrogen (secondary N) is 2. The number of sulfonamides is 1. The Hall–Kier alpha value is -2.62. The van der Waals surface area contributed by atoms with E-state index in [2.05, 4.69) is 10.2 Å². The van der Waals surface area contributed by atoms with Crippen molar-refractivity contribution in [3.05, 3.63) is 48.5 Å². The van der Waals surface area contributed by atoms with Crippen molar-refractivity contribution in [1.29, 1.82) is 0 Å². The van der Waals surface area contributed by atoms with Gasteiger partial charge in [-0.2, -0.15) is 0 Å². The number of para-hydroxylation sites is 2. The van der Waals surface area contributed by atoms with Gasteiger partial charge in [-0.05, 0) is 30.3 Å². The molecule has 0 bridgehead atoms.